The van der Waals surface area contributed by atoms with Crippen LogP contribution >= 0.6 is 27.5 Å². The number of aryl methyl sites for hydroxylation is 1. The number of halogens is 2. The van der Waals surface area contributed by atoms with Gasteiger partial charge in [-0.1, -0.05) is 16.8 Å². The SMILES string of the molecule is N#CCCCc1nc(-c2ccc(Cl)c(Br)c2)no1. The van der Waals surface area contributed by atoms with E-state index >= 15 is 0 Å². The summed E-state index contributed by atoms with van der Waals surface area (Å²) in [5.41, 5.74) is 0.835. The maximum Gasteiger partial charge on any atom is 0.226 e. The third kappa shape index (κ3) is 3.09. The molecule has 18 heavy (non-hydrogen) atoms. The normalized spacial score (nSPS) is 10.3. The van der Waals surface area contributed by atoms with Gasteiger partial charge in [0.05, 0.1) is 11.1 Å². The van der Waals surface area contributed by atoms with Gasteiger partial charge in [-0.05, 0) is 40.5 Å². The summed E-state index contributed by atoms with van der Waals surface area (Å²) in [5.74, 6) is 1.07. The van der Waals surface area contributed by atoms with E-state index in [-0.39, 0.29) is 0 Å². The molecule has 0 N–H and O–H groups in total. The first kappa shape index (κ1) is 13.1. The molecule has 1 aromatic heterocycles. The van der Waals surface area contributed by atoms with Crippen LogP contribution < -0.4 is 0 Å². The Kier molecular flexibility index (Phi) is 4.34. The molecule has 0 unspecified atom stereocenters. The minimum absolute atomic E-state index is 0.490. The quantitative estimate of drug-likeness (QED) is 0.797. The Labute approximate surface area is 118 Å². The molecule has 6 heteroatoms. The van der Waals surface area contributed by atoms with Crippen LogP contribution in [0.5, 0.6) is 0 Å². The fraction of sp³-hybridized carbons (Fsp3) is 0.250. The predicted octanol–water partition coefficient (Wildman–Crippen LogP) is 4.00. The molecule has 0 fully saturated rings. The molecule has 2 rings (SSSR count). The summed E-state index contributed by atoms with van der Waals surface area (Å²) in [6, 6.07) is 7.52. The van der Waals surface area contributed by atoms with E-state index in [9.17, 15) is 0 Å². The van der Waals surface area contributed by atoms with E-state index in [1.165, 1.54) is 0 Å². The van der Waals surface area contributed by atoms with Gasteiger partial charge in [0, 0.05) is 22.9 Å². The maximum atomic E-state index is 8.45. The Morgan fingerprint density at radius 2 is 2.28 bits per heavy atom. The minimum atomic E-state index is 0.490. The van der Waals surface area contributed by atoms with Crippen molar-refractivity contribution in [2.24, 2.45) is 0 Å². The first-order valence-corrected chi connectivity index (χ1v) is 6.53. The zero-order valence-corrected chi connectivity index (χ0v) is 11.7. The van der Waals surface area contributed by atoms with Crippen molar-refractivity contribution in [2.45, 2.75) is 19.3 Å². The second-order valence-corrected chi connectivity index (χ2v) is 4.91. The number of nitriles is 1. The topological polar surface area (TPSA) is 62.7 Å². The number of nitrogens with zero attached hydrogens (tertiary/aromatic N) is 3. The maximum absolute atomic E-state index is 8.45. The van der Waals surface area contributed by atoms with Crippen LogP contribution in [0.4, 0.5) is 0 Å². The molecule has 0 saturated carbocycles. The molecule has 2 aromatic rings. The number of rotatable bonds is 4. The summed E-state index contributed by atoms with van der Waals surface area (Å²) < 4.78 is 5.91. The molecule has 0 atom stereocenters. The highest BCUT2D eigenvalue weighted by Crippen LogP contribution is 2.27. The van der Waals surface area contributed by atoms with Gasteiger partial charge in [-0.2, -0.15) is 10.2 Å². The van der Waals surface area contributed by atoms with Gasteiger partial charge in [-0.25, -0.2) is 0 Å². The van der Waals surface area contributed by atoms with Crippen LogP contribution in [0, 0.1) is 11.3 Å². The summed E-state index contributed by atoms with van der Waals surface area (Å²) in [5, 5.41) is 13.0. The van der Waals surface area contributed by atoms with Gasteiger partial charge < -0.3 is 4.52 Å². The summed E-state index contributed by atoms with van der Waals surface area (Å²) in [6.07, 6.45) is 1.84. The number of hydrogen-bond acceptors (Lipinski definition) is 4. The third-order valence-corrected chi connectivity index (χ3v) is 3.54. The molecule has 0 saturated heterocycles. The van der Waals surface area contributed by atoms with Crippen molar-refractivity contribution in [3.8, 4) is 17.5 Å². The molecule has 0 aliphatic rings. The lowest BCUT2D eigenvalue weighted by molar-refractivity contribution is 0.376. The van der Waals surface area contributed by atoms with Crippen LogP contribution in [0.2, 0.25) is 5.02 Å². The van der Waals surface area contributed by atoms with Crippen LogP contribution in [0.25, 0.3) is 11.4 Å². The molecule has 0 amide bonds. The van der Waals surface area contributed by atoms with Crippen LogP contribution in [-0.4, -0.2) is 10.1 Å². The minimum Gasteiger partial charge on any atom is -0.339 e. The molecular weight excluding hydrogens is 318 g/mol. The van der Waals surface area contributed by atoms with Crippen molar-refractivity contribution >= 4 is 27.5 Å². The third-order valence-electron chi connectivity index (χ3n) is 2.33. The highest BCUT2D eigenvalue weighted by molar-refractivity contribution is 9.10. The Morgan fingerprint density at radius 1 is 1.44 bits per heavy atom. The van der Waals surface area contributed by atoms with E-state index in [0.29, 0.717) is 29.6 Å². The summed E-state index contributed by atoms with van der Waals surface area (Å²) in [7, 11) is 0. The molecule has 92 valence electrons. The van der Waals surface area contributed by atoms with Gasteiger partial charge in [-0.3, -0.25) is 0 Å². The Balaban J connectivity index is 2.14. The van der Waals surface area contributed by atoms with Crippen molar-refractivity contribution in [1.29, 1.82) is 5.26 Å². The van der Waals surface area contributed by atoms with Gasteiger partial charge in [0.15, 0.2) is 0 Å². The van der Waals surface area contributed by atoms with Crippen LogP contribution in [0.15, 0.2) is 27.2 Å². The first-order valence-electron chi connectivity index (χ1n) is 5.35. The van der Waals surface area contributed by atoms with Crippen LogP contribution in [-0.2, 0) is 6.42 Å². The van der Waals surface area contributed by atoms with E-state index in [0.717, 1.165) is 16.5 Å². The van der Waals surface area contributed by atoms with Crippen LogP contribution in [0.1, 0.15) is 18.7 Å². The second-order valence-electron chi connectivity index (χ2n) is 3.65. The van der Waals surface area contributed by atoms with Crippen LogP contribution in [0.3, 0.4) is 0 Å². The smallest absolute Gasteiger partial charge is 0.226 e. The van der Waals surface area contributed by atoms with Gasteiger partial charge >= 0.3 is 0 Å². The predicted molar refractivity (Wildman–Crippen MR) is 71.0 cm³/mol. The highest BCUT2D eigenvalue weighted by Gasteiger charge is 2.09. The van der Waals surface area contributed by atoms with Gasteiger partial charge in [0.25, 0.3) is 0 Å². The molecule has 0 aliphatic carbocycles. The van der Waals surface area contributed by atoms with Crippen molar-refractivity contribution in [3.63, 3.8) is 0 Å². The van der Waals surface area contributed by atoms with E-state index in [2.05, 4.69) is 32.1 Å². The summed E-state index contributed by atoms with van der Waals surface area (Å²) in [4.78, 5) is 4.27. The first-order chi connectivity index (χ1) is 8.70. The van der Waals surface area contributed by atoms with E-state index < -0.39 is 0 Å². The van der Waals surface area contributed by atoms with Crippen molar-refractivity contribution in [3.05, 3.63) is 33.6 Å². The van der Waals surface area contributed by atoms with E-state index in [1.54, 1.807) is 6.07 Å². The molecule has 0 radical (unpaired) electrons. The number of aromatic nitrogens is 2. The number of benzene rings is 1. The van der Waals surface area contributed by atoms with E-state index in [4.69, 9.17) is 21.4 Å². The number of unbranched alkanes of at least 4 members (excludes halogenated alkanes) is 1. The van der Waals surface area contributed by atoms with E-state index in [1.807, 2.05) is 12.1 Å². The fourth-order valence-corrected chi connectivity index (χ4v) is 1.92. The highest BCUT2D eigenvalue weighted by atomic mass is 79.9. The molecule has 0 aliphatic heterocycles. The van der Waals surface area contributed by atoms with Crippen molar-refractivity contribution in [2.75, 3.05) is 0 Å². The number of hydrogen-bond donors (Lipinski definition) is 0. The average Bonchev–Trinajstić information content (AvgIpc) is 2.82. The molecule has 1 heterocycles. The zero-order valence-electron chi connectivity index (χ0n) is 9.36. The molecule has 4 nitrogen and oxygen atoms in total. The lowest BCUT2D eigenvalue weighted by atomic mass is 10.2. The zero-order chi connectivity index (χ0) is 13.0. The molecule has 0 spiro atoms. The Hall–Kier alpha value is -1.38. The molecular formula is C12H9BrClN3O. The Morgan fingerprint density at radius 3 is 3.00 bits per heavy atom. The largest absolute Gasteiger partial charge is 0.339 e. The summed E-state index contributed by atoms with van der Waals surface area (Å²) in [6.45, 7) is 0. The fourth-order valence-electron chi connectivity index (χ4n) is 1.43. The van der Waals surface area contributed by atoms with Gasteiger partial charge in [-0.15, -0.1) is 0 Å². The molecule has 1 aromatic carbocycles. The molecule has 0 bridgehead atoms. The second kappa shape index (κ2) is 5.98. The Bertz CT molecular complexity index is 591. The van der Waals surface area contributed by atoms with Crippen molar-refractivity contribution < 1.29 is 4.52 Å². The van der Waals surface area contributed by atoms with Gasteiger partial charge in [0.1, 0.15) is 0 Å². The average molecular weight is 327 g/mol. The lowest BCUT2D eigenvalue weighted by Crippen LogP contribution is -1.85. The summed E-state index contributed by atoms with van der Waals surface area (Å²) >= 11 is 9.26. The van der Waals surface area contributed by atoms with Crippen molar-refractivity contribution in [1.82, 2.24) is 10.1 Å². The standard InChI is InChI=1S/C12H9BrClN3O/c13-9-7-8(4-5-10(9)14)12-16-11(18-17-12)3-1-2-6-15/h4-5,7H,1-3H2. The lowest BCUT2D eigenvalue weighted by Gasteiger charge is -1.97. The monoisotopic (exact) mass is 325 g/mol. The van der Waals surface area contributed by atoms with Gasteiger partial charge in [0.2, 0.25) is 11.7 Å².